The molecule has 0 bridgehead atoms. The third-order valence-electron chi connectivity index (χ3n) is 2.97. The first-order chi connectivity index (χ1) is 10.0. The van der Waals surface area contributed by atoms with Gasteiger partial charge in [0.2, 0.25) is 0 Å². The number of ether oxygens (including phenoxy) is 1. The molecule has 0 atom stereocenters. The number of nitrogens with two attached hydrogens (primary N) is 1. The summed E-state index contributed by atoms with van der Waals surface area (Å²) in [6.45, 7) is 3.84. The summed E-state index contributed by atoms with van der Waals surface area (Å²) in [7, 11) is 0. The molecule has 0 saturated carbocycles. The van der Waals surface area contributed by atoms with Gasteiger partial charge in [0.05, 0.1) is 6.10 Å². The predicted molar refractivity (Wildman–Crippen MR) is 82.5 cm³/mol. The lowest BCUT2D eigenvalue weighted by molar-refractivity contribution is -0.114. The van der Waals surface area contributed by atoms with Crippen LogP contribution in [0.5, 0.6) is 5.75 Å². The van der Waals surface area contributed by atoms with Crippen molar-refractivity contribution in [2.75, 3.05) is 0 Å². The highest BCUT2D eigenvalue weighted by atomic mass is 16.5. The lowest BCUT2D eigenvalue weighted by atomic mass is 10.0. The van der Waals surface area contributed by atoms with Crippen molar-refractivity contribution in [1.29, 1.82) is 5.26 Å². The van der Waals surface area contributed by atoms with Crippen LogP contribution in [0.15, 0.2) is 42.0 Å². The maximum absolute atomic E-state index is 11.3. The van der Waals surface area contributed by atoms with Crippen LogP contribution < -0.4 is 10.5 Å². The van der Waals surface area contributed by atoms with Gasteiger partial charge in [0, 0.05) is 5.56 Å². The molecule has 1 amide bonds. The van der Waals surface area contributed by atoms with E-state index in [0.717, 1.165) is 10.8 Å². The van der Waals surface area contributed by atoms with Crippen LogP contribution in [-0.4, -0.2) is 12.0 Å². The van der Waals surface area contributed by atoms with Gasteiger partial charge in [-0.05, 0) is 36.8 Å². The van der Waals surface area contributed by atoms with Gasteiger partial charge in [-0.15, -0.1) is 0 Å². The Morgan fingerprint density at radius 2 is 2.00 bits per heavy atom. The van der Waals surface area contributed by atoms with E-state index in [1.807, 2.05) is 56.3 Å². The molecule has 0 spiro atoms. The van der Waals surface area contributed by atoms with Crippen LogP contribution in [0.1, 0.15) is 19.4 Å². The third-order valence-corrected chi connectivity index (χ3v) is 2.97. The average Bonchev–Trinajstić information content (AvgIpc) is 2.45. The van der Waals surface area contributed by atoms with Gasteiger partial charge < -0.3 is 10.5 Å². The fourth-order valence-electron chi connectivity index (χ4n) is 2.08. The number of carbonyl (C=O) groups excluding carboxylic acids is 1. The van der Waals surface area contributed by atoms with Crippen LogP contribution in [0, 0.1) is 11.3 Å². The summed E-state index contributed by atoms with van der Waals surface area (Å²) >= 11 is 0. The molecule has 0 aliphatic carbocycles. The van der Waals surface area contributed by atoms with E-state index in [-0.39, 0.29) is 11.7 Å². The number of primary amides is 1. The van der Waals surface area contributed by atoms with Crippen LogP contribution >= 0.6 is 0 Å². The van der Waals surface area contributed by atoms with Crippen LogP contribution in [-0.2, 0) is 4.79 Å². The number of carbonyl (C=O) groups is 1. The van der Waals surface area contributed by atoms with E-state index in [4.69, 9.17) is 15.7 Å². The van der Waals surface area contributed by atoms with Gasteiger partial charge in [-0.2, -0.15) is 5.26 Å². The van der Waals surface area contributed by atoms with Crippen molar-refractivity contribution < 1.29 is 9.53 Å². The minimum atomic E-state index is -0.749. The molecule has 2 N–H and O–H groups in total. The number of hydrogen-bond donors (Lipinski definition) is 1. The molecule has 0 fully saturated rings. The first-order valence-corrected chi connectivity index (χ1v) is 6.63. The summed E-state index contributed by atoms with van der Waals surface area (Å²) in [5.74, 6) is -0.126. The summed E-state index contributed by atoms with van der Waals surface area (Å²) in [4.78, 5) is 11.3. The second-order valence-corrected chi connectivity index (χ2v) is 4.90. The van der Waals surface area contributed by atoms with Crippen molar-refractivity contribution in [2.24, 2.45) is 5.73 Å². The molecular weight excluding hydrogens is 264 g/mol. The van der Waals surface area contributed by atoms with Gasteiger partial charge >= 0.3 is 0 Å². The normalized spacial score (nSPS) is 11.4. The van der Waals surface area contributed by atoms with Crippen molar-refractivity contribution in [2.45, 2.75) is 20.0 Å². The van der Waals surface area contributed by atoms with Crippen LogP contribution in [0.3, 0.4) is 0 Å². The first-order valence-electron chi connectivity index (χ1n) is 6.63. The maximum Gasteiger partial charge on any atom is 0.259 e. The van der Waals surface area contributed by atoms with E-state index < -0.39 is 5.91 Å². The number of hydrogen-bond acceptors (Lipinski definition) is 3. The number of amides is 1. The van der Waals surface area contributed by atoms with E-state index in [2.05, 4.69) is 0 Å². The standard InChI is InChI=1S/C17H16N2O2/c1-11(2)21-16-8-7-12-5-3-4-6-14(12)15(16)9-13(10-18)17(19)20/h3-9,11H,1-2H3,(H2,19,20). The van der Waals surface area contributed by atoms with Gasteiger partial charge in [-0.3, -0.25) is 4.79 Å². The first kappa shape index (κ1) is 14.6. The molecule has 0 aliphatic heterocycles. The Hall–Kier alpha value is -2.80. The zero-order valence-corrected chi connectivity index (χ0v) is 12.0. The Kier molecular flexibility index (Phi) is 4.24. The van der Waals surface area contributed by atoms with E-state index >= 15 is 0 Å². The second kappa shape index (κ2) is 6.10. The van der Waals surface area contributed by atoms with Gasteiger partial charge in [-0.1, -0.05) is 30.3 Å². The lowest BCUT2D eigenvalue weighted by Gasteiger charge is -2.14. The van der Waals surface area contributed by atoms with Crippen molar-refractivity contribution in [1.82, 2.24) is 0 Å². The summed E-state index contributed by atoms with van der Waals surface area (Å²) in [6.07, 6.45) is 1.47. The molecule has 0 aliphatic rings. The highest BCUT2D eigenvalue weighted by Crippen LogP contribution is 2.30. The molecule has 4 heteroatoms. The Morgan fingerprint density at radius 3 is 2.62 bits per heavy atom. The fourth-order valence-corrected chi connectivity index (χ4v) is 2.08. The molecule has 4 nitrogen and oxygen atoms in total. The molecule has 2 rings (SSSR count). The van der Waals surface area contributed by atoms with Crippen molar-refractivity contribution in [3.8, 4) is 11.8 Å². The Labute approximate surface area is 123 Å². The Balaban J connectivity index is 2.72. The average molecular weight is 280 g/mol. The highest BCUT2D eigenvalue weighted by Gasteiger charge is 2.11. The summed E-state index contributed by atoms with van der Waals surface area (Å²) in [5.41, 5.74) is 5.81. The SMILES string of the molecule is CC(C)Oc1ccc2ccccc2c1C=C(C#N)C(N)=O. The summed E-state index contributed by atoms with van der Waals surface area (Å²) in [6, 6.07) is 13.3. The predicted octanol–water partition coefficient (Wildman–Crippen LogP) is 3.02. The van der Waals surface area contributed by atoms with Crippen molar-refractivity contribution in [3.63, 3.8) is 0 Å². The molecule has 21 heavy (non-hydrogen) atoms. The quantitative estimate of drug-likeness (QED) is 0.691. The zero-order chi connectivity index (χ0) is 15.4. The summed E-state index contributed by atoms with van der Waals surface area (Å²) in [5, 5.41) is 11.0. The molecule has 0 aromatic heterocycles. The summed E-state index contributed by atoms with van der Waals surface area (Å²) < 4.78 is 5.77. The van der Waals surface area contributed by atoms with Gasteiger partial charge in [0.25, 0.3) is 5.91 Å². The lowest BCUT2D eigenvalue weighted by Crippen LogP contribution is -2.13. The second-order valence-electron chi connectivity index (χ2n) is 4.90. The van der Waals surface area contributed by atoms with E-state index in [1.54, 1.807) is 0 Å². The van der Waals surface area contributed by atoms with Gasteiger partial charge in [0.1, 0.15) is 17.4 Å². The number of benzene rings is 2. The minimum absolute atomic E-state index is 0.0163. The molecule has 0 unspecified atom stereocenters. The molecule has 0 saturated heterocycles. The molecule has 2 aromatic rings. The Morgan fingerprint density at radius 1 is 1.29 bits per heavy atom. The topological polar surface area (TPSA) is 76.1 Å². The van der Waals surface area contributed by atoms with Crippen LogP contribution in [0.2, 0.25) is 0 Å². The van der Waals surface area contributed by atoms with Gasteiger partial charge in [-0.25, -0.2) is 0 Å². The highest BCUT2D eigenvalue weighted by molar-refractivity contribution is 6.04. The van der Waals surface area contributed by atoms with E-state index in [1.165, 1.54) is 6.08 Å². The molecule has 106 valence electrons. The monoisotopic (exact) mass is 280 g/mol. The van der Waals surface area contributed by atoms with E-state index in [0.29, 0.717) is 11.3 Å². The van der Waals surface area contributed by atoms with Crippen LogP contribution in [0.25, 0.3) is 16.8 Å². The number of rotatable bonds is 4. The number of nitriles is 1. The fraction of sp³-hybridized carbons (Fsp3) is 0.176. The number of fused-ring (bicyclic) bond motifs is 1. The number of nitrogens with zero attached hydrogens (tertiary/aromatic N) is 1. The smallest absolute Gasteiger partial charge is 0.259 e. The third kappa shape index (κ3) is 3.21. The minimum Gasteiger partial charge on any atom is -0.490 e. The molecular formula is C17H16N2O2. The molecule has 2 aromatic carbocycles. The van der Waals surface area contributed by atoms with Crippen molar-refractivity contribution in [3.05, 3.63) is 47.5 Å². The maximum atomic E-state index is 11.3. The largest absolute Gasteiger partial charge is 0.490 e. The van der Waals surface area contributed by atoms with E-state index in [9.17, 15) is 4.79 Å². The molecule has 0 heterocycles. The molecule has 0 radical (unpaired) electrons. The van der Waals surface area contributed by atoms with Crippen molar-refractivity contribution >= 4 is 22.8 Å². The van der Waals surface area contributed by atoms with Gasteiger partial charge in [0.15, 0.2) is 0 Å². The zero-order valence-electron chi connectivity index (χ0n) is 12.0. The van der Waals surface area contributed by atoms with Crippen LogP contribution in [0.4, 0.5) is 0 Å². The Bertz CT molecular complexity index is 755.